The van der Waals surface area contributed by atoms with Crippen molar-refractivity contribution >= 4 is 21.6 Å². The number of hydrogen-bond donors (Lipinski definition) is 0. The summed E-state index contributed by atoms with van der Waals surface area (Å²) in [7, 11) is 0. The van der Waals surface area contributed by atoms with Gasteiger partial charge in [-0.3, -0.25) is 0 Å². The average molecular weight is 237 g/mol. The molecule has 66 valence electrons. The highest BCUT2D eigenvalue weighted by Crippen LogP contribution is 2.30. The number of anilines is 1. The molecule has 0 aliphatic carbocycles. The van der Waals surface area contributed by atoms with E-state index in [9.17, 15) is 0 Å². The van der Waals surface area contributed by atoms with E-state index in [2.05, 4.69) is 39.9 Å². The first-order chi connectivity index (χ1) is 6.22. The van der Waals surface area contributed by atoms with Crippen molar-refractivity contribution in [2.24, 2.45) is 0 Å². The lowest BCUT2D eigenvalue weighted by Crippen LogP contribution is -1.96. The van der Waals surface area contributed by atoms with Crippen molar-refractivity contribution in [2.45, 2.75) is 13.0 Å². The van der Waals surface area contributed by atoms with E-state index < -0.39 is 0 Å². The summed E-state index contributed by atoms with van der Waals surface area (Å²) in [6.45, 7) is 2.93. The maximum Gasteiger partial charge on any atom is 0.134 e. The van der Waals surface area contributed by atoms with Crippen LogP contribution >= 0.6 is 15.9 Å². The molecule has 0 radical (unpaired) electrons. The van der Waals surface area contributed by atoms with Crippen molar-refractivity contribution in [3.05, 3.63) is 28.2 Å². The second-order valence-electron chi connectivity index (χ2n) is 3.23. The predicted octanol–water partition coefficient (Wildman–Crippen LogP) is 2.47. The number of halogens is 1. The maximum absolute atomic E-state index is 8.66. The molecule has 1 aromatic carbocycles. The lowest BCUT2D eigenvalue weighted by molar-refractivity contribution is 1.25. The molecule has 1 aliphatic heterocycles. The Hall–Kier alpha value is -1.01. The van der Waals surface area contributed by atoms with Crippen molar-refractivity contribution in [3.63, 3.8) is 0 Å². The van der Waals surface area contributed by atoms with E-state index in [1.807, 2.05) is 12.1 Å². The molecule has 0 amide bonds. The minimum Gasteiger partial charge on any atom is -0.351 e. The van der Waals surface area contributed by atoms with Crippen LogP contribution in [-0.2, 0) is 0 Å². The van der Waals surface area contributed by atoms with E-state index in [0.717, 1.165) is 16.7 Å². The Morgan fingerprint density at radius 2 is 2.38 bits per heavy atom. The number of nitrogens with zero attached hydrogens (tertiary/aromatic N) is 2. The maximum atomic E-state index is 8.66. The molecule has 2 nitrogen and oxygen atoms in total. The Morgan fingerprint density at radius 3 is 2.92 bits per heavy atom. The molecule has 0 saturated carbocycles. The van der Waals surface area contributed by atoms with Crippen LogP contribution in [0.15, 0.2) is 22.7 Å². The fraction of sp³-hybridized carbons (Fsp3) is 0.300. The molecule has 0 aromatic heterocycles. The van der Waals surface area contributed by atoms with Gasteiger partial charge in [0.25, 0.3) is 0 Å². The van der Waals surface area contributed by atoms with Gasteiger partial charge in [-0.2, -0.15) is 5.26 Å². The minimum atomic E-state index is 0.0978. The topological polar surface area (TPSA) is 26.8 Å². The Bertz CT molecular complexity index is 381. The standard InChI is InChI=1S/C10H9BrN2/c1-7-4-8(2-3-10(7)11)13-6-9(13)5-12/h2-4,9H,6H2,1H3. The van der Waals surface area contributed by atoms with Gasteiger partial charge in [0.1, 0.15) is 6.04 Å². The van der Waals surface area contributed by atoms with E-state index in [4.69, 9.17) is 5.26 Å². The van der Waals surface area contributed by atoms with Gasteiger partial charge in [-0.1, -0.05) is 15.9 Å². The van der Waals surface area contributed by atoms with Crippen LogP contribution in [0.25, 0.3) is 0 Å². The number of aryl methyl sites for hydroxylation is 1. The first-order valence-electron chi connectivity index (χ1n) is 4.15. The van der Waals surface area contributed by atoms with Gasteiger partial charge in [0, 0.05) is 10.2 Å². The molecule has 3 heteroatoms. The first kappa shape index (κ1) is 8.58. The van der Waals surface area contributed by atoms with Gasteiger partial charge in [0.05, 0.1) is 12.6 Å². The second-order valence-corrected chi connectivity index (χ2v) is 4.09. The number of nitriles is 1. The molecule has 0 spiro atoms. The van der Waals surface area contributed by atoms with Crippen LogP contribution in [0.4, 0.5) is 5.69 Å². The van der Waals surface area contributed by atoms with E-state index in [0.29, 0.717) is 0 Å². The summed E-state index contributed by atoms with van der Waals surface area (Å²) < 4.78 is 1.12. The smallest absolute Gasteiger partial charge is 0.134 e. The highest BCUT2D eigenvalue weighted by Gasteiger charge is 2.33. The largest absolute Gasteiger partial charge is 0.351 e. The molecule has 2 rings (SSSR count). The Morgan fingerprint density at radius 1 is 1.62 bits per heavy atom. The predicted molar refractivity (Wildman–Crippen MR) is 55.6 cm³/mol. The van der Waals surface area contributed by atoms with Crippen molar-refractivity contribution in [2.75, 3.05) is 11.4 Å². The highest BCUT2D eigenvalue weighted by molar-refractivity contribution is 9.10. The Kier molecular flexibility index (Phi) is 2.01. The van der Waals surface area contributed by atoms with Gasteiger partial charge >= 0.3 is 0 Å². The molecule has 1 aromatic rings. The third-order valence-corrected chi connectivity index (χ3v) is 3.12. The summed E-state index contributed by atoms with van der Waals surface area (Å²) in [5, 5.41) is 8.66. The molecule has 0 N–H and O–H groups in total. The van der Waals surface area contributed by atoms with Crippen molar-refractivity contribution < 1.29 is 0 Å². The summed E-state index contributed by atoms with van der Waals surface area (Å²) in [4.78, 5) is 2.08. The summed E-state index contributed by atoms with van der Waals surface area (Å²) in [6.07, 6.45) is 0. The third kappa shape index (κ3) is 1.54. The van der Waals surface area contributed by atoms with Gasteiger partial charge in [0.15, 0.2) is 0 Å². The molecule has 1 heterocycles. The first-order valence-corrected chi connectivity index (χ1v) is 4.94. The third-order valence-electron chi connectivity index (χ3n) is 2.23. The zero-order valence-electron chi connectivity index (χ0n) is 7.29. The lowest BCUT2D eigenvalue weighted by Gasteiger charge is -2.05. The van der Waals surface area contributed by atoms with E-state index in [1.54, 1.807) is 0 Å². The van der Waals surface area contributed by atoms with Crippen LogP contribution in [0.1, 0.15) is 5.56 Å². The molecule has 1 unspecified atom stereocenters. The normalized spacial score (nSPS) is 19.8. The summed E-state index contributed by atoms with van der Waals surface area (Å²) >= 11 is 3.45. The van der Waals surface area contributed by atoms with Gasteiger partial charge in [-0.05, 0) is 30.7 Å². The highest BCUT2D eigenvalue weighted by atomic mass is 79.9. The second kappa shape index (κ2) is 3.04. The van der Waals surface area contributed by atoms with E-state index in [-0.39, 0.29) is 6.04 Å². The van der Waals surface area contributed by atoms with E-state index in [1.165, 1.54) is 5.56 Å². The SMILES string of the molecule is Cc1cc(N2CC2C#N)ccc1Br. The van der Waals surface area contributed by atoms with Crippen molar-refractivity contribution in [1.29, 1.82) is 5.26 Å². The molecular formula is C10H9BrN2. The zero-order valence-corrected chi connectivity index (χ0v) is 8.87. The van der Waals surface area contributed by atoms with Crippen LogP contribution < -0.4 is 4.90 Å². The average Bonchev–Trinajstić information content (AvgIpc) is 2.88. The minimum absolute atomic E-state index is 0.0978. The number of benzene rings is 1. The molecular weight excluding hydrogens is 228 g/mol. The molecule has 1 saturated heterocycles. The van der Waals surface area contributed by atoms with Gasteiger partial charge in [0.2, 0.25) is 0 Å². The molecule has 1 atom stereocenters. The summed E-state index contributed by atoms with van der Waals surface area (Å²) in [6, 6.07) is 8.49. The van der Waals surface area contributed by atoms with E-state index >= 15 is 0 Å². The quantitative estimate of drug-likeness (QED) is 0.701. The van der Waals surface area contributed by atoms with Gasteiger partial charge in [-0.25, -0.2) is 0 Å². The van der Waals surface area contributed by atoms with Crippen LogP contribution in [-0.4, -0.2) is 12.6 Å². The lowest BCUT2D eigenvalue weighted by atomic mass is 10.2. The van der Waals surface area contributed by atoms with Crippen LogP contribution in [0, 0.1) is 18.3 Å². The number of rotatable bonds is 1. The fourth-order valence-corrected chi connectivity index (χ4v) is 1.59. The molecule has 0 bridgehead atoms. The zero-order chi connectivity index (χ0) is 9.42. The van der Waals surface area contributed by atoms with Gasteiger partial charge in [-0.15, -0.1) is 0 Å². The molecule has 1 fully saturated rings. The molecule has 13 heavy (non-hydrogen) atoms. The van der Waals surface area contributed by atoms with Crippen LogP contribution in [0.2, 0.25) is 0 Å². The summed E-state index contributed by atoms with van der Waals surface area (Å²) in [5.41, 5.74) is 2.35. The van der Waals surface area contributed by atoms with Crippen molar-refractivity contribution in [3.8, 4) is 6.07 Å². The van der Waals surface area contributed by atoms with Crippen LogP contribution in [0.3, 0.4) is 0 Å². The number of hydrogen-bond acceptors (Lipinski definition) is 2. The fourth-order valence-electron chi connectivity index (χ4n) is 1.34. The van der Waals surface area contributed by atoms with Crippen LogP contribution in [0.5, 0.6) is 0 Å². The monoisotopic (exact) mass is 236 g/mol. The van der Waals surface area contributed by atoms with Gasteiger partial charge < -0.3 is 4.90 Å². The molecule has 1 aliphatic rings. The summed E-state index contributed by atoms with van der Waals surface area (Å²) in [5.74, 6) is 0. The Labute approximate surface area is 85.9 Å². The Balaban J connectivity index is 2.25. The van der Waals surface area contributed by atoms with Crippen molar-refractivity contribution in [1.82, 2.24) is 0 Å².